The first kappa shape index (κ1) is 14.6. The summed E-state index contributed by atoms with van der Waals surface area (Å²) in [5, 5.41) is 0. The van der Waals surface area contributed by atoms with Crippen LogP contribution in [-0.2, 0) is 4.74 Å². The highest BCUT2D eigenvalue weighted by Crippen LogP contribution is 2.49. The zero-order chi connectivity index (χ0) is 14.1. The van der Waals surface area contributed by atoms with Crippen LogP contribution < -0.4 is 0 Å². The molecule has 0 N–H and O–H groups in total. The number of amides is 1. The SMILES string of the molecule is CC(C)(C)OC(=O)N1CCC2(CCC(CF)C2)CC1. The zero-order valence-electron chi connectivity index (χ0n) is 12.4. The van der Waals surface area contributed by atoms with Crippen molar-refractivity contribution in [1.82, 2.24) is 4.90 Å². The molecule has 1 unspecified atom stereocenters. The molecule has 1 atom stereocenters. The lowest BCUT2D eigenvalue weighted by atomic mass is 9.76. The first-order valence-electron chi connectivity index (χ1n) is 7.37. The number of alkyl halides is 1. The molecular formula is C15H26FNO2. The number of nitrogens with zero attached hydrogens (tertiary/aromatic N) is 1. The van der Waals surface area contributed by atoms with E-state index in [-0.39, 0.29) is 18.7 Å². The molecule has 1 saturated carbocycles. The molecule has 2 fully saturated rings. The molecule has 1 spiro atoms. The second-order valence-corrected chi connectivity index (χ2v) is 7.23. The van der Waals surface area contributed by atoms with Crippen molar-refractivity contribution in [3.05, 3.63) is 0 Å². The van der Waals surface area contributed by atoms with Crippen LogP contribution in [0.5, 0.6) is 0 Å². The van der Waals surface area contributed by atoms with Crippen molar-refractivity contribution in [3.63, 3.8) is 0 Å². The van der Waals surface area contributed by atoms with Crippen LogP contribution in [0.15, 0.2) is 0 Å². The Kier molecular flexibility index (Phi) is 4.07. The summed E-state index contributed by atoms with van der Waals surface area (Å²) in [7, 11) is 0. The van der Waals surface area contributed by atoms with E-state index in [1.54, 1.807) is 4.90 Å². The third-order valence-electron chi connectivity index (χ3n) is 4.50. The summed E-state index contributed by atoms with van der Waals surface area (Å²) >= 11 is 0. The first-order valence-corrected chi connectivity index (χ1v) is 7.37. The van der Waals surface area contributed by atoms with E-state index < -0.39 is 5.60 Å². The minimum absolute atomic E-state index is 0.183. The fourth-order valence-electron chi connectivity index (χ4n) is 3.40. The van der Waals surface area contributed by atoms with Crippen LogP contribution in [0.4, 0.5) is 9.18 Å². The Morgan fingerprint density at radius 1 is 1.32 bits per heavy atom. The second kappa shape index (κ2) is 5.29. The van der Waals surface area contributed by atoms with E-state index in [0.717, 1.165) is 45.2 Å². The highest BCUT2D eigenvalue weighted by Gasteiger charge is 2.42. The number of halogens is 1. The Morgan fingerprint density at radius 2 is 1.95 bits per heavy atom. The second-order valence-electron chi connectivity index (χ2n) is 7.23. The molecular weight excluding hydrogens is 245 g/mol. The van der Waals surface area contributed by atoms with Crippen LogP contribution in [0, 0.1) is 11.3 Å². The maximum atomic E-state index is 12.7. The minimum atomic E-state index is -0.432. The van der Waals surface area contributed by atoms with Crippen molar-refractivity contribution in [3.8, 4) is 0 Å². The molecule has 3 nitrogen and oxygen atoms in total. The fourth-order valence-corrected chi connectivity index (χ4v) is 3.40. The monoisotopic (exact) mass is 271 g/mol. The van der Waals surface area contributed by atoms with Gasteiger partial charge in [0.1, 0.15) is 5.60 Å². The van der Waals surface area contributed by atoms with E-state index in [1.807, 2.05) is 20.8 Å². The van der Waals surface area contributed by atoms with Gasteiger partial charge in [0.25, 0.3) is 0 Å². The maximum Gasteiger partial charge on any atom is 0.410 e. The summed E-state index contributed by atoms with van der Waals surface area (Å²) in [6.07, 6.45) is 4.95. The van der Waals surface area contributed by atoms with Gasteiger partial charge in [-0.05, 0) is 64.2 Å². The maximum absolute atomic E-state index is 12.7. The van der Waals surface area contributed by atoms with E-state index in [4.69, 9.17) is 4.74 Å². The first-order chi connectivity index (χ1) is 8.84. The number of likely N-dealkylation sites (tertiary alicyclic amines) is 1. The van der Waals surface area contributed by atoms with Gasteiger partial charge in [0, 0.05) is 13.1 Å². The van der Waals surface area contributed by atoms with Gasteiger partial charge in [-0.1, -0.05) is 0 Å². The van der Waals surface area contributed by atoms with E-state index in [1.165, 1.54) is 0 Å². The Hall–Kier alpha value is -0.800. The van der Waals surface area contributed by atoms with E-state index >= 15 is 0 Å². The van der Waals surface area contributed by atoms with Crippen molar-refractivity contribution in [2.24, 2.45) is 11.3 Å². The molecule has 2 rings (SSSR count). The number of rotatable bonds is 1. The summed E-state index contributed by atoms with van der Waals surface area (Å²) in [5.74, 6) is 0.257. The Morgan fingerprint density at radius 3 is 2.42 bits per heavy atom. The van der Waals surface area contributed by atoms with Gasteiger partial charge in [-0.15, -0.1) is 0 Å². The van der Waals surface area contributed by atoms with Gasteiger partial charge in [-0.2, -0.15) is 0 Å². The molecule has 0 bridgehead atoms. The average Bonchev–Trinajstić information content (AvgIpc) is 2.71. The largest absolute Gasteiger partial charge is 0.444 e. The fraction of sp³-hybridized carbons (Fsp3) is 0.933. The molecule has 1 aliphatic carbocycles. The van der Waals surface area contributed by atoms with E-state index in [2.05, 4.69) is 0 Å². The quantitative estimate of drug-likeness (QED) is 0.726. The lowest BCUT2D eigenvalue weighted by Gasteiger charge is -2.39. The number of piperidine rings is 1. The molecule has 1 aliphatic heterocycles. The van der Waals surface area contributed by atoms with Gasteiger partial charge < -0.3 is 9.64 Å². The van der Waals surface area contributed by atoms with Gasteiger partial charge in [-0.25, -0.2) is 4.79 Å². The molecule has 1 saturated heterocycles. The highest BCUT2D eigenvalue weighted by molar-refractivity contribution is 5.68. The Bertz CT molecular complexity index is 330. The summed E-state index contributed by atoms with van der Waals surface area (Å²) in [6, 6.07) is 0. The van der Waals surface area contributed by atoms with Gasteiger partial charge >= 0.3 is 6.09 Å². The zero-order valence-corrected chi connectivity index (χ0v) is 12.4. The van der Waals surface area contributed by atoms with Crippen LogP contribution >= 0.6 is 0 Å². The molecule has 4 heteroatoms. The van der Waals surface area contributed by atoms with Crippen LogP contribution in [0.2, 0.25) is 0 Å². The summed E-state index contributed by atoms with van der Waals surface area (Å²) in [4.78, 5) is 13.8. The Balaban J connectivity index is 1.84. The Labute approximate surface area is 115 Å². The van der Waals surface area contributed by atoms with Crippen molar-refractivity contribution in [2.45, 2.75) is 58.5 Å². The topological polar surface area (TPSA) is 29.5 Å². The molecule has 1 amide bonds. The van der Waals surface area contributed by atoms with E-state index in [0.29, 0.717) is 5.41 Å². The van der Waals surface area contributed by atoms with Crippen molar-refractivity contribution >= 4 is 6.09 Å². The van der Waals surface area contributed by atoms with Crippen molar-refractivity contribution in [1.29, 1.82) is 0 Å². The highest BCUT2D eigenvalue weighted by atomic mass is 19.1. The predicted octanol–water partition coefficient (Wildman–Crippen LogP) is 3.77. The average molecular weight is 271 g/mol. The lowest BCUT2D eigenvalue weighted by Crippen LogP contribution is -2.44. The molecule has 0 radical (unpaired) electrons. The summed E-state index contributed by atoms with van der Waals surface area (Å²) < 4.78 is 18.1. The smallest absolute Gasteiger partial charge is 0.410 e. The molecule has 0 aromatic carbocycles. The van der Waals surface area contributed by atoms with Crippen LogP contribution in [0.1, 0.15) is 52.9 Å². The molecule has 0 aromatic rings. The van der Waals surface area contributed by atoms with Gasteiger partial charge in [0.2, 0.25) is 0 Å². The standard InChI is InChI=1S/C15H26FNO2/c1-14(2,3)19-13(18)17-8-6-15(7-9-17)5-4-12(10-15)11-16/h12H,4-11H2,1-3H3. The predicted molar refractivity (Wildman–Crippen MR) is 72.8 cm³/mol. The van der Waals surface area contributed by atoms with Crippen LogP contribution in [0.3, 0.4) is 0 Å². The number of hydrogen-bond donors (Lipinski definition) is 0. The van der Waals surface area contributed by atoms with Gasteiger partial charge in [0.15, 0.2) is 0 Å². The third kappa shape index (κ3) is 3.61. The van der Waals surface area contributed by atoms with Crippen LogP contribution in [-0.4, -0.2) is 36.4 Å². The lowest BCUT2D eigenvalue weighted by molar-refractivity contribution is 0.0101. The molecule has 0 aromatic heterocycles. The van der Waals surface area contributed by atoms with Crippen molar-refractivity contribution < 1.29 is 13.9 Å². The summed E-state index contributed by atoms with van der Waals surface area (Å²) in [5.41, 5.74) is -0.131. The molecule has 1 heterocycles. The van der Waals surface area contributed by atoms with Crippen molar-refractivity contribution in [2.75, 3.05) is 19.8 Å². The van der Waals surface area contributed by atoms with Gasteiger partial charge in [-0.3, -0.25) is 4.39 Å². The third-order valence-corrected chi connectivity index (χ3v) is 4.50. The normalized spacial score (nSPS) is 26.7. The minimum Gasteiger partial charge on any atom is -0.444 e. The number of carbonyl (C=O) groups is 1. The number of hydrogen-bond acceptors (Lipinski definition) is 2. The summed E-state index contributed by atoms with van der Waals surface area (Å²) in [6.45, 7) is 7.00. The molecule has 2 aliphatic rings. The van der Waals surface area contributed by atoms with Gasteiger partial charge in [0.05, 0.1) is 6.67 Å². The van der Waals surface area contributed by atoms with Crippen LogP contribution in [0.25, 0.3) is 0 Å². The number of carbonyl (C=O) groups excluding carboxylic acids is 1. The molecule has 19 heavy (non-hydrogen) atoms. The molecule has 110 valence electrons. The van der Waals surface area contributed by atoms with E-state index in [9.17, 15) is 9.18 Å². The number of ether oxygens (including phenoxy) is 1.